The number of hydrogen-bond acceptors (Lipinski definition) is 5. The average Bonchev–Trinajstić information content (AvgIpc) is 2.39. The van der Waals surface area contributed by atoms with Crippen LogP contribution in [0.2, 0.25) is 0 Å². The van der Waals surface area contributed by atoms with Gasteiger partial charge < -0.3 is 10.6 Å². The molecule has 1 spiro atoms. The second-order valence-electron chi connectivity index (χ2n) is 5.80. The van der Waals surface area contributed by atoms with Gasteiger partial charge in [-0.2, -0.15) is 0 Å². The number of aromatic nitrogens is 1. The summed E-state index contributed by atoms with van der Waals surface area (Å²) >= 11 is 0. The second kappa shape index (κ2) is 4.26. The summed E-state index contributed by atoms with van der Waals surface area (Å²) in [5, 5.41) is 0.187. The number of nitrogens with zero attached hydrogens (tertiary/aromatic N) is 2. The van der Waals surface area contributed by atoms with Gasteiger partial charge in [-0.3, -0.25) is 0 Å². The fourth-order valence-electron chi connectivity index (χ4n) is 3.29. The van der Waals surface area contributed by atoms with Crippen molar-refractivity contribution >= 4 is 9.84 Å². The SMILES string of the molecule is CN1CCC2(CC1)CS(=O)(=O)c1ncccc1[C@H]2N. The highest BCUT2D eigenvalue weighted by atomic mass is 32.2. The first-order valence-electron chi connectivity index (χ1n) is 6.56. The van der Waals surface area contributed by atoms with Gasteiger partial charge in [0.25, 0.3) is 0 Å². The predicted molar refractivity (Wildman–Crippen MR) is 72.4 cm³/mol. The summed E-state index contributed by atoms with van der Waals surface area (Å²) in [5.74, 6) is 0.138. The summed E-state index contributed by atoms with van der Waals surface area (Å²) in [6.07, 6.45) is 3.19. The summed E-state index contributed by atoms with van der Waals surface area (Å²) in [6.45, 7) is 1.80. The number of rotatable bonds is 0. The molecule has 0 saturated carbocycles. The Kier molecular flexibility index (Phi) is 2.92. The minimum absolute atomic E-state index is 0.138. The molecule has 1 aromatic rings. The van der Waals surface area contributed by atoms with E-state index in [9.17, 15) is 8.42 Å². The lowest BCUT2D eigenvalue weighted by Gasteiger charge is -2.46. The van der Waals surface area contributed by atoms with Gasteiger partial charge in [0.15, 0.2) is 14.9 Å². The molecule has 3 heterocycles. The maximum absolute atomic E-state index is 12.4. The van der Waals surface area contributed by atoms with Crippen LogP contribution in [-0.2, 0) is 9.84 Å². The summed E-state index contributed by atoms with van der Waals surface area (Å²) in [4.78, 5) is 6.26. The van der Waals surface area contributed by atoms with Crippen molar-refractivity contribution in [3.63, 3.8) is 0 Å². The van der Waals surface area contributed by atoms with Crippen LogP contribution < -0.4 is 5.73 Å². The summed E-state index contributed by atoms with van der Waals surface area (Å²) in [6, 6.07) is 3.35. The van der Waals surface area contributed by atoms with E-state index in [0.717, 1.165) is 25.9 Å². The third-order valence-electron chi connectivity index (χ3n) is 4.55. The highest BCUT2D eigenvalue weighted by molar-refractivity contribution is 7.91. The highest BCUT2D eigenvalue weighted by Crippen LogP contribution is 2.48. The van der Waals surface area contributed by atoms with Gasteiger partial charge in [-0.15, -0.1) is 0 Å². The Morgan fingerprint density at radius 2 is 2.11 bits per heavy atom. The predicted octanol–water partition coefficient (Wildman–Crippen LogP) is 0.581. The average molecular weight is 281 g/mol. The Hall–Kier alpha value is -0.980. The molecular weight excluding hydrogens is 262 g/mol. The third kappa shape index (κ3) is 1.98. The van der Waals surface area contributed by atoms with Crippen molar-refractivity contribution in [2.24, 2.45) is 11.1 Å². The second-order valence-corrected chi connectivity index (χ2v) is 7.71. The highest BCUT2D eigenvalue weighted by Gasteiger charge is 2.49. The zero-order chi connectivity index (χ0) is 13.7. The van der Waals surface area contributed by atoms with Gasteiger partial charge in [0.05, 0.1) is 5.75 Å². The lowest BCUT2D eigenvalue weighted by atomic mass is 9.72. The molecule has 1 fully saturated rings. The normalized spacial score (nSPS) is 29.1. The van der Waals surface area contributed by atoms with Gasteiger partial charge >= 0.3 is 0 Å². The first-order valence-corrected chi connectivity index (χ1v) is 8.22. The fourth-order valence-corrected chi connectivity index (χ4v) is 5.42. The van der Waals surface area contributed by atoms with E-state index in [0.29, 0.717) is 5.56 Å². The van der Waals surface area contributed by atoms with Gasteiger partial charge in [-0.05, 0) is 39.0 Å². The fraction of sp³-hybridized carbons (Fsp3) is 0.615. The molecule has 0 radical (unpaired) electrons. The van der Waals surface area contributed by atoms with Crippen LogP contribution in [0, 0.1) is 5.41 Å². The zero-order valence-corrected chi connectivity index (χ0v) is 11.9. The number of nitrogens with two attached hydrogens (primary N) is 1. The van der Waals surface area contributed by atoms with Crippen molar-refractivity contribution in [2.45, 2.75) is 23.9 Å². The van der Waals surface area contributed by atoms with Crippen LogP contribution in [0.25, 0.3) is 0 Å². The summed E-state index contributed by atoms with van der Waals surface area (Å²) in [5.41, 5.74) is 6.77. The maximum atomic E-state index is 12.4. The summed E-state index contributed by atoms with van der Waals surface area (Å²) in [7, 11) is -1.25. The van der Waals surface area contributed by atoms with E-state index in [-0.39, 0.29) is 22.2 Å². The molecular formula is C13H19N3O2S. The number of piperidine rings is 1. The number of fused-ring (bicyclic) bond motifs is 1. The number of likely N-dealkylation sites (tertiary alicyclic amines) is 1. The number of sulfone groups is 1. The van der Waals surface area contributed by atoms with Crippen LogP contribution in [0.3, 0.4) is 0 Å². The number of pyridine rings is 1. The molecule has 0 aromatic carbocycles. The maximum Gasteiger partial charge on any atom is 0.196 e. The van der Waals surface area contributed by atoms with Crippen LogP contribution in [0.15, 0.2) is 23.4 Å². The Bertz CT molecular complexity index is 592. The molecule has 6 heteroatoms. The first-order chi connectivity index (χ1) is 8.95. The van der Waals surface area contributed by atoms with Gasteiger partial charge in [0.2, 0.25) is 0 Å². The van der Waals surface area contributed by atoms with Crippen molar-refractivity contribution in [3.05, 3.63) is 23.9 Å². The van der Waals surface area contributed by atoms with Crippen LogP contribution in [-0.4, -0.2) is 44.2 Å². The zero-order valence-electron chi connectivity index (χ0n) is 11.0. The molecule has 0 unspecified atom stereocenters. The van der Waals surface area contributed by atoms with Crippen molar-refractivity contribution in [2.75, 3.05) is 25.9 Å². The van der Waals surface area contributed by atoms with Crippen molar-refractivity contribution in [1.29, 1.82) is 0 Å². The molecule has 3 rings (SSSR count). The van der Waals surface area contributed by atoms with Gasteiger partial charge in [0.1, 0.15) is 0 Å². The molecule has 19 heavy (non-hydrogen) atoms. The van der Waals surface area contributed by atoms with E-state index in [4.69, 9.17) is 5.73 Å². The van der Waals surface area contributed by atoms with Crippen molar-refractivity contribution < 1.29 is 8.42 Å². The van der Waals surface area contributed by atoms with Crippen LogP contribution in [0.5, 0.6) is 0 Å². The molecule has 0 amide bonds. The molecule has 0 aliphatic carbocycles. The van der Waals surface area contributed by atoms with E-state index in [1.165, 1.54) is 6.20 Å². The minimum Gasteiger partial charge on any atom is -0.323 e. The molecule has 0 bridgehead atoms. The summed E-state index contributed by atoms with van der Waals surface area (Å²) < 4.78 is 24.9. The Morgan fingerprint density at radius 3 is 2.79 bits per heavy atom. The van der Waals surface area contributed by atoms with E-state index in [1.807, 2.05) is 6.07 Å². The monoisotopic (exact) mass is 281 g/mol. The third-order valence-corrected chi connectivity index (χ3v) is 6.44. The molecule has 2 aliphatic heterocycles. The Balaban J connectivity index is 2.09. The first kappa shape index (κ1) is 13.0. The van der Waals surface area contributed by atoms with Gasteiger partial charge in [-0.25, -0.2) is 13.4 Å². The van der Waals surface area contributed by atoms with E-state index in [1.54, 1.807) is 6.07 Å². The van der Waals surface area contributed by atoms with E-state index >= 15 is 0 Å². The quantitative estimate of drug-likeness (QED) is 0.753. The van der Waals surface area contributed by atoms with E-state index < -0.39 is 9.84 Å². The largest absolute Gasteiger partial charge is 0.323 e. The Morgan fingerprint density at radius 1 is 1.42 bits per heavy atom. The van der Waals surface area contributed by atoms with Crippen LogP contribution in [0.1, 0.15) is 24.4 Å². The molecule has 104 valence electrons. The smallest absolute Gasteiger partial charge is 0.196 e. The molecule has 1 saturated heterocycles. The van der Waals surface area contributed by atoms with Crippen molar-refractivity contribution in [1.82, 2.24) is 9.88 Å². The molecule has 2 aliphatic rings. The number of hydrogen-bond donors (Lipinski definition) is 1. The topological polar surface area (TPSA) is 76.3 Å². The Labute approximate surface area is 113 Å². The molecule has 1 aromatic heterocycles. The molecule has 5 nitrogen and oxygen atoms in total. The minimum atomic E-state index is -3.31. The standard InChI is InChI=1S/C13H19N3O2S/c1-16-7-4-13(5-8-16)9-19(17,18)12-10(11(13)14)3-2-6-15-12/h2-3,6,11H,4-5,7-9,14H2,1H3/t11-/m1/s1. The van der Waals surface area contributed by atoms with E-state index in [2.05, 4.69) is 16.9 Å². The molecule has 1 atom stereocenters. The van der Waals surface area contributed by atoms with Crippen LogP contribution >= 0.6 is 0 Å². The van der Waals surface area contributed by atoms with Crippen LogP contribution in [0.4, 0.5) is 0 Å². The molecule has 2 N–H and O–H groups in total. The lowest BCUT2D eigenvalue weighted by Crippen LogP contribution is -2.50. The van der Waals surface area contributed by atoms with Gasteiger partial charge in [0, 0.05) is 23.2 Å². The lowest BCUT2D eigenvalue weighted by molar-refractivity contribution is 0.110. The van der Waals surface area contributed by atoms with Crippen molar-refractivity contribution in [3.8, 4) is 0 Å². The van der Waals surface area contributed by atoms with Gasteiger partial charge in [-0.1, -0.05) is 6.07 Å².